The van der Waals surface area contributed by atoms with Gasteiger partial charge in [0.25, 0.3) is 17.5 Å². The molecule has 26 heavy (non-hydrogen) atoms. The van der Waals surface area contributed by atoms with Crippen molar-refractivity contribution >= 4 is 17.5 Å². The van der Waals surface area contributed by atoms with Crippen LogP contribution in [0.2, 0.25) is 0 Å². The first-order valence-corrected chi connectivity index (χ1v) is 7.80. The number of rotatable bonds is 5. The largest absolute Gasteiger partial charge is 0.364 e. The molecule has 0 bridgehead atoms. The second kappa shape index (κ2) is 7.59. The first-order valence-electron chi connectivity index (χ1n) is 7.80. The molecule has 0 fully saturated rings. The maximum Gasteiger partial charge on any atom is 0.269 e. The number of hydrogen-bond acceptors (Lipinski definition) is 5. The predicted molar refractivity (Wildman–Crippen MR) is 92.3 cm³/mol. The molecule has 7 heteroatoms. The van der Waals surface area contributed by atoms with Crippen molar-refractivity contribution in [3.63, 3.8) is 0 Å². The maximum atomic E-state index is 12.1. The summed E-state index contributed by atoms with van der Waals surface area (Å²) in [6.07, 6.45) is 0. The summed E-state index contributed by atoms with van der Waals surface area (Å²) in [5, 5.41) is 10.6. The number of carbonyl (C=O) groups excluding carboxylic acids is 2. The van der Waals surface area contributed by atoms with Gasteiger partial charge >= 0.3 is 0 Å². The molecule has 130 valence electrons. The van der Waals surface area contributed by atoms with Gasteiger partial charge in [0, 0.05) is 12.1 Å². The topological polar surface area (TPSA) is 89.8 Å². The molecule has 2 aromatic carbocycles. The number of hydrogen-bond donors (Lipinski definition) is 0. The maximum absolute atomic E-state index is 12.1. The molecule has 1 aliphatic rings. The predicted octanol–water partition coefficient (Wildman–Crippen LogP) is 2.41. The number of ether oxygens (including phenoxy) is 1. The van der Waals surface area contributed by atoms with Crippen LogP contribution in [0.1, 0.15) is 26.3 Å². The molecule has 0 N–H and O–H groups in total. The van der Waals surface area contributed by atoms with Crippen LogP contribution in [0, 0.1) is 22.0 Å². The normalized spacial score (nSPS) is 12.5. The molecule has 7 nitrogen and oxygen atoms in total. The Morgan fingerprint density at radius 3 is 2.15 bits per heavy atom. The molecular weight excluding hydrogens is 336 g/mol. The minimum Gasteiger partial charge on any atom is -0.364 e. The lowest BCUT2D eigenvalue weighted by Gasteiger charge is -2.08. The Morgan fingerprint density at radius 2 is 1.58 bits per heavy atom. The number of nitrogens with zero attached hydrogens (tertiary/aromatic N) is 2. The number of amides is 2. The van der Waals surface area contributed by atoms with Crippen LogP contribution in [0.15, 0.2) is 48.5 Å². The van der Waals surface area contributed by atoms with Crippen LogP contribution in [0.4, 0.5) is 5.69 Å². The third kappa shape index (κ3) is 3.61. The molecular formula is C19H14N2O5. The van der Waals surface area contributed by atoms with Crippen molar-refractivity contribution < 1.29 is 19.2 Å². The lowest BCUT2D eigenvalue weighted by molar-refractivity contribution is -0.384. The van der Waals surface area contributed by atoms with E-state index in [1.165, 1.54) is 12.1 Å². The molecule has 1 aliphatic heterocycles. The highest BCUT2D eigenvalue weighted by atomic mass is 16.6. The summed E-state index contributed by atoms with van der Waals surface area (Å²) in [5.74, 6) is 4.82. The summed E-state index contributed by atoms with van der Waals surface area (Å²) < 4.78 is 5.37. The fraction of sp³-hybridized carbons (Fsp3) is 0.158. The highest BCUT2D eigenvalue weighted by molar-refractivity contribution is 6.21. The summed E-state index contributed by atoms with van der Waals surface area (Å²) in [6.45, 7) is 0.396. The highest BCUT2D eigenvalue weighted by Gasteiger charge is 2.34. The Balaban J connectivity index is 1.47. The second-order valence-electron chi connectivity index (χ2n) is 5.51. The fourth-order valence-corrected chi connectivity index (χ4v) is 2.50. The third-order valence-electron chi connectivity index (χ3n) is 3.83. The fourth-order valence-electron chi connectivity index (χ4n) is 2.50. The van der Waals surface area contributed by atoms with Crippen molar-refractivity contribution in [2.75, 3.05) is 13.2 Å². The van der Waals surface area contributed by atoms with Gasteiger partial charge in [0.1, 0.15) is 6.61 Å². The van der Waals surface area contributed by atoms with E-state index in [9.17, 15) is 19.7 Å². The summed E-state index contributed by atoms with van der Waals surface area (Å²) in [6, 6.07) is 12.7. The number of carbonyl (C=O) groups is 2. The summed E-state index contributed by atoms with van der Waals surface area (Å²) in [5.41, 5.74) is 1.61. The Bertz CT molecular complexity index is 890. The molecule has 0 atom stereocenters. The molecule has 2 aromatic rings. The van der Waals surface area contributed by atoms with E-state index in [-0.39, 0.29) is 37.3 Å². The second-order valence-corrected chi connectivity index (χ2v) is 5.51. The van der Waals surface area contributed by atoms with Crippen molar-refractivity contribution in [3.05, 3.63) is 75.3 Å². The van der Waals surface area contributed by atoms with E-state index in [1.807, 2.05) is 0 Å². The zero-order chi connectivity index (χ0) is 18.5. The first kappa shape index (κ1) is 17.3. The number of fused-ring (bicyclic) bond motifs is 1. The van der Waals surface area contributed by atoms with Gasteiger partial charge < -0.3 is 4.74 Å². The lowest BCUT2D eigenvalue weighted by Crippen LogP contribution is -2.30. The van der Waals surface area contributed by atoms with Gasteiger partial charge in [-0.25, -0.2) is 0 Å². The van der Waals surface area contributed by atoms with Crippen LogP contribution in [0.25, 0.3) is 0 Å². The van der Waals surface area contributed by atoms with Crippen molar-refractivity contribution in [3.8, 4) is 11.8 Å². The van der Waals surface area contributed by atoms with E-state index in [1.54, 1.807) is 36.4 Å². The highest BCUT2D eigenvalue weighted by Crippen LogP contribution is 2.21. The summed E-state index contributed by atoms with van der Waals surface area (Å²) in [4.78, 5) is 35.5. The molecule has 2 amide bonds. The SMILES string of the molecule is O=C1c2ccccc2C(=O)N1CC#CCOCc1ccc([N+](=O)[O-])cc1. The van der Waals surface area contributed by atoms with Gasteiger partial charge in [-0.05, 0) is 29.8 Å². The molecule has 0 aromatic heterocycles. The monoisotopic (exact) mass is 350 g/mol. The van der Waals surface area contributed by atoms with Gasteiger partial charge in [0.15, 0.2) is 0 Å². The molecule has 0 aliphatic carbocycles. The van der Waals surface area contributed by atoms with Crippen LogP contribution < -0.4 is 0 Å². The van der Waals surface area contributed by atoms with Crippen molar-refractivity contribution in [1.82, 2.24) is 4.90 Å². The van der Waals surface area contributed by atoms with Crippen molar-refractivity contribution in [2.24, 2.45) is 0 Å². The Morgan fingerprint density at radius 1 is 0.962 bits per heavy atom. The number of non-ortho nitro benzene ring substituents is 1. The average Bonchev–Trinajstić information content (AvgIpc) is 2.90. The van der Waals surface area contributed by atoms with Crippen molar-refractivity contribution in [2.45, 2.75) is 6.61 Å². The Labute approximate surface area is 149 Å². The Hall–Kier alpha value is -3.50. The number of imide groups is 1. The van der Waals surface area contributed by atoms with Gasteiger partial charge in [-0.1, -0.05) is 24.0 Å². The van der Waals surface area contributed by atoms with Crippen LogP contribution in [0.3, 0.4) is 0 Å². The van der Waals surface area contributed by atoms with Gasteiger partial charge in [0.05, 0.1) is 29.2 Å². The smallest absolute Gasteiger partial charge is 0.269 e. The van der Waals surface area contributed by atoms with Crippen LogP contribution in [0.5, 0.6) is 0 Å². The molecule has 1 heterocycles. The molecule has 0 radical (unpaired) electrons. The van der Waals surface area contributed by atoms with Crippen molar-refractivity contribution in [1.29, 1.82) is 0 Å². The molecule has 0 unspecified atom stereocenters. The minimum absolute atomic E-state index is 0.00718. The molecule has 0 saturated carbocycles. The van der Waals surface area contributed by atoms with Gasteiger partial charge in [0.2, 0.25) is 0 Å². The zero-order valence-electron chi connectivity index (χ0n) is 13.7. The summed E-state index contributed by atoms with van der Waals surface area (Å²) in [7, 11) is 0. The lowest BCUT2D eigenvalue weighted by atomic mass is 10.1. The summed E-state index contributed by atoms with van der Waals surface area (Å²) >= 11 is 0. The standard InChI is InChI=1S/C19H14N2O5/c22-18-16-5-1-2-6-17(16)19(23)20(18)11-3-4-12-26-13-14-7-9-15(10-8-14)21(24)25/h1-2,5-10H,11-13H2. The van der Waals surface area contributed by atoms with E-state index < -0.39 is 4.92 Å². The molecule has 3 rings (SSSR count). The van der Waals surface area contributed by atoms with E-state index in [4.69, 9.17) is 4.74 Å². The van der Waals surface area contributed by atoms with E-state index >= 15 is 0 Å². The minimum atomic E-state index is -0.463. The van der Waals surface area contributed by atoms with Gasteiger partial charge in [-0.15, -0.1) is 0 Å². The average molecular weight is 350 g/mol. The first-order chi connectivity index (χ1) is 12.6. The molecule has 0 saturated heterocycles. The van der Waals surface area contributed by atoms with Gasteiger partial charge in [-0.2, -0.15) is 0 Å². The number of nitro benzene ring substituents is 1. The van der Waals surface area contributed by atoms with Crippen LogP contribution in [-0.4, -0.2) is 34.8 Å². The molecule has 0 spiro atoms. The van der Waals surface area contributed by atoms with Crippen LogP contribution >= 0.6 is 0 Å². The Kier molecular flexibility index (Phi) is 5.06. The van der Waals surface area contributed by atoms with E-state index in [2.05, 4.69) is 11.8 Å². The quantitative estimate of drug-likeness (QED) is 0.272. The van der Waals surface area contributed by atoms with Gasteiger partial charge in [-0.3, -0.25) is 24.6 Å². The van der Waals surface area contributed by atoms with Crippen LogP contribution in [-0.2, 0) is 11.3 Å². The zero-order valence-corrected chi connectivity index (χ0v) is 13.7. The number of nitro groups is 1. The number of benzene rings is 2. The third-order valence-corrected chi connectivity index (χ3v) is 3.83. The van der Waals surface area contributed by atoms with E-state index in [0.29, 0.717) is 11.1 Å². The van der Waals surface area contributed by atoms with E-state index in [0.717, 1.165) is 10.5 Å².